The van der Waals surface area contributed by atoms with E-state index in [1.165, 1.54) is 7.11 Å². The minimum absolute atomic E-state index is 0.0808. The summed E-state index contributed by atoms with van der Waals surface area (Å²) in [5, 5.41) is 0.567. The van der Waals surface area contributed by atoms with Gasteiger partial charge in [0, 0.05) is 32.6 Å². The molecule has 1 aromatic rings. The zero-order valence-electron chi connectivity index (χ0n) is 13.2. The van der Waals surface area contributed by atoms with E-state index >= 15 is 0 Å². The highest BCUT2D eigenvalue weighted by molar-refractivity contribution is 6.32. The van der Waals surface area contributed by atoms with Crippen LogP contribution in [0.2, 0.25) is 5.02 Å². The van der Waals surface area contributed by atoms with Crippen LogP contribution in [0.25, 0.3) is 0 Å². The third-order valence-corrected chi connectivity index (χ3v) is 4.01. The highest BCUT2D eigenvalue weighted by Gasteiger charge is 2.24. The molecule has 6 nitrogen and oxygen atoms in total. The predicted octanol–water partition coefficient (Wildman–Crippen LogP) is 2.41. The summed E-state index contributed by atoms with van der Waals surface area (Å²) in [5.74, 6) is 0.714. The maximum atomic E-state index is 12.1. The quantitative estimate of drug-likeness (QED) is 0.772. The van der Waals surface area contributed by atoms with Crippen molar-refractivity contribution in [1.82, 2.24) is 9.80 Å². The first-order chi connectivity index (χ1) is 11.1. The Morgan fingerprint density at radius 1 is 1.13 bits per heavy atom. The zero-order chi connectivity index (χ0) is 16.7. The number of benzene rings is 1. The van der Waals surface area contributed by atoms with Crippen LogP contribution in [0.5, 0.6) is 5.75 Å². The Hall–Kier alpha value is -1.95. The SMILES string of the molecule is COC(=O)N1CCN(C(=O)CCCOc2ccccc2Cl)CC1. The number of carbonyl (C=O) groups is 2. The van der Waals surface area contributed by atoms with Gasteiger partial charge in [-0.2, -0.15) is 0 Å². The van der Waals surface area contributed by atoms with Crippen LogP contribution in [-0.4, -0.2) is 61.7 Å². The maximum Gasteiger partial charge on any atom is 0.409 e. The Balaban J connectivity index is 1.66. The standard InChI is InChI=1S/C16H21ClN2O4/c1-22-16(21)19-10-8-18(9-11-19)15(20)7-4-12-23-14-6-3-2-5-13(14)17/h2-3,5-6H,4,7-12H2,1H3. The molecule has 0 aromatic heterocycles. The molecule has 0 unspecified atom stereocenters. The summed E-state index contributed by atoms with van der Waals surface area (Å²) in [6, 6.07) is 7.26. The van der Waals surface area contributed by atoms with Crippen molar-refractivity contribution in [2.75, 3.05) is 39.9 Å². The van der Waals surface area contributed by atoms with E-state index in [0.717, 1.165) is 0 Å². The van der Waals surface area contributed by atoms with Gasteiger partial charge in [0.1, 0.15) is 5.75 Å². The second-order valence-corrected chi connectivity index (χ2v) is 5.63. The van der Waals surface area contributed by atoms with E-state index in [4.69, 9.17) is 16.3 Å². The maximum absolute atomic E-state index is 12.1. The second kappa shape index (κ2) is 8.62. The number of carbonyl (C=O) groups excluding carboxylic acids is 2. The van der Waals surface area contributed by atoms with E-state index in [0.29, 0.717) is 56.4 Å². The lowest BCUT2D eigenvalue weighted by Gasteiger charge is -2.33. The first-order valence-corrected chi connectivity index (χ1v) is 7.97. The third kappa shape index (κ3) is 5.03. The number of hydrogen-bond acceptors (Lipinski definition) is 4. The molecular formula is C16H21ClN2O4. The molecular weight excluding hydrogens is 320 g/mol. The summed E-state index contributed by atoms with van der Waals surface area (Å²) < 4.78 is 10.2. The van der Waals surface area contributed by atoms with Crippen molar-refractivity contribution in [3.8, 4) is 5.75 Å². The van der Waals surface area contributed by atoms with E-state index in [-0.39, 0.29) is 12.0 Å². The molecule has 1 saturated heterocycles. The third-order valence-electron chi connectivity index (χ3n) is 3.69. The van der Waals surface area contributed by atoms with Crippen LogP contribution in [0.1, 0.15) is 12.8 Å². The minimum Gasteiger partial charge on any atom is -0.492 e. The molecule has 1 aromatic carbocycles. The molecule has 0 bridgehead atoms. The average Bonchev–Trinajstić information content (AvgIpc) is 2.59. The Morgan fingerprint density at radius 2 is 1.78 bits per heavy atom. The highest BCUT2D eigenvalue weighted by atomic mass is 35.5. The van der Waals surface area contributed by atoms with Crippen molar-refractivity contribution < 1.29 is 19.1 Å². The van der Waals surface area contributed by atoms with Gasteiger partial charge in [-0.3, -0.25) is 4.79 Å². The van der Waals surface area contributed by atoms with E-state index in [1.54, 1.807) is 21.9 Å². The number of rotatable bonds is 5. The first-order valence-electron chi connectivity index (χ1n) is 7.60. The summed E-state index contributed by atoms with van der Waals surface area (Å²) in [6.07, 6.45) is 0.703. The van der Waals surface area contributed by atoms with Gasteiger partial charge in [0.15, 0.2) is 0 Å². The normalized spacial score (nSPS) is 14.5. The van der Waals surface area contributed by atoms with Gasteiger partial charge in [0.05, 0.1) is 18.7 Å². The molecule has 2 rings (SSSR count). The fourth-order valence-electron chi connectivity index (χ4n) is 2.39. The number of amides is 2. The molecule has 23 heavy (non-hydrogen) atoms. The Labute approximate surface area is 140 Å². The van der Waals surface area contributed by atoms with E-state index in [2.05, 4.69) is 4.74 Å². The average molecular weight is 341 g/mol. The van der Waals surface area contributed by atoms with Crippen molar-refractivity contribution in [3.63, 3.8) is 0 Å². The van der Waals surface area contributed by atoms with Crippen molar-refractivity contribution in [2.24, 2.45) is 0 Å². The van der Waals surface area contributed by atoms with Gasteiger partial charge in [0.25, 0.3) is 0 Å². The number of methoxy groups -OCH3 is 1. The molecule has 0 saturated carbocycles. The Kier molecular flexibility index (Phi) is 6.52. The molecule has 2 amide bonds. The van der Waals surface area contributed by atoms with Crippen molar-refractivity contribution in [2.45, 2.75) is 12.8 Å². The lowest BCUT2D eigenvalue weighted by atomic mass is 10.2. The lowest BCUT2D eigenvalue weighted by molar-refractivity contribution is -0.133. The summed E-state index contributed by atoms with van der Waals surface area (Å²) in [4.78, 5) is 26.9. The molecule has 0 atom stereocenters. The van der Waals surface area contributed by atoms with E-state index < -0.39 is 0 Å². The van der Waals surface area contributed by atoms with Crippen LogP contribution < -0.4 is 4.74 Å². The topological polar surface area (TPSA) is 59.1 Å². The summed E-state index contributed by atoms with van der Waals surface area (Å²) in [5.41, 5.74) is 0. The van der Waals surface area contributed by atoms with Crippen molar-refractivity contribution in [3.05, 3.63) is 29.3 Å². The molecule has 0 radical (unpaired) electrons. The van der Waals surface area contributed by atoms with Crippen molar-refractivity contribution >= 4 is 23.6 Å². The fraction of sp³-hybridized carbons (Fsp3) is 0.500. The molecule has 0 N–H and O–H groups in total. The van der Waals surface area contributed by atoms with Gasteiger partial charge in [-0.15, -0.1) is 0 Å². The van der Waals surface area contributed by atoms with Crippen LogP contribution in [0, 0.1) is 0 Å². The number of piperazine rings is 1. The molecule has 0 spiro atoms. The van der Waals surface area contributed by atoms with Gasteiger partial charge >= 0.3 is 6.09 Å². The number of nitrogens with zero attached hydrogens (tertiary/aromatic N) is 2. The lowest BCUT2D eigenvalue weighted by Crippen LogP contribution is -2.50. The second-order valence-electron chi connectivity index (χ2n) is 5.22. The van der Waals surface area contributed by atoms with Gasteiger partial charge in [-0.1, -0.05) is 23.7 Å². The zero-order valence-corrected chi connectivity index (χ0v) is 13.9. The summed E-state index contributed by atoms with van der Waals surface area (Å²) >= 11 is 6.00. The smallest absolute Gasteiger partial charge is 0.409 e. The minimum atomic E-state index is -0.342. The molecule has 1 aliphatic rings. The Morgan fingerprint density at radius 3 is 2.43 bits per heavy atom. The number of hydrogen-bond donors (Lipinski definition) is 0. The summed E-state index contributed by atoms with van der Waals surface area (Å²) in [6.45, 7) is 2.54. The molecule has 1 heterocycles. The van der Waals surface area contributed by atoms with Gasteiger partial charge < -0.3 is 19.3 Å². The van der Waals surface area contributed by atoms with Gasteiger partial charge in [-0.05, 0) is 18.6 Å². The highest BCUT2D eigenvalue weighted by Crippen LogP contribution is 2.23. The number of halogens is 1. The molecule has 1 fully saturated rings. The molecule has 0 aliphatic carbocycles. The van der Waals surface area contributed by atoms with E-state index in [1.807, 2.05) is 12.1 Å². The van der Waals surface area contributed by atoms with Gasteiger partial charge in [0.2, 0.25) is 5.91 Å². The van der Waals surface area contributed by atoms with Crippen LogP contribution in [0.4, 0.5) is 4.79 Å². The van der Waals surface area contributed by atoms with Crippen LogP contribution >= 0.6 is 11.6 Å². The molecule has 126 valence electrons. The van der Waals surface area contributed by atoms with Crippen LogP contribution in [0.3, 0.4) is 0 Å². The predicted molar refractivity (Wildman–Crippen MR) is 86.7 cm³/mol. The van der Waals surface area contributed by atoms with Crippen LogP contribution in [-0.2, 0) is 9.53 Å². The monoisotopic (exact) mass is 340 g/mol. The molecule has 7 heteroatoms. The first kappa shape index (κ1) is 17.4. The number of para-hydroxylation sites is 1. The largest absolute Gasteiger partial charge is 0.492 e. The molecule has 1 aliphatic heterocycles. The summed E-state index contributed by atoms with van der Waals surface area (Å²) in [7, 11) is 1.36. The fourth-order valence-corrected chi connectivity index (χ4v) is 2.58. The Bertz CT molecular complexity index is 545. The van der Waals surface area contributed by atoms with Crippen molar-refractivity contribution in [1.29, 1.82) is 0 Å². The van der Waals surface area contributed by atoms with Crippen LogP contribution in [0.15, 0.2) is 24.3 Å². The number of ether oxygens (including phenoxy) is 2. The van der Waals surface area contributed by atoms with E-state index in [9.17, 15) is 9.59 Å². The van der Waals surface area contributed by atoms with Gasteiger partial charge in [-0.25, -0.2) is 4.79 Å².